The van der Waals surface area contributed by atoms with Gasteiger partial charge in [-0.05, 0) is 12.1 Å². The molecule has 106 valence electrons. The summed E-state index contributed by atoms with van der Waals surface area (Å²) in [7, 11) is 0. The third-order valence-electron chi connectivity index (χ3n) is 2.53. The van der Waals surface area contributed by atoms with Gasteiger partial charge in [0.1, 0.15) is 0 Å². The van der Waals surface area contributed by atoms with Crippen LogP contribution in [0.4, 0.5) is 5.69 Å². The molecule has 2 aromatic rings. The van der Waals surface area contributed by atoms with E-state index in [1.807, 2.05) is 6.92 Å². The van der Waals surface area contributed by atoms with Gasteiger partial charge in [-0.15, -0.1) is 10.2 Å². The van der Waals surface area contributed by atoms with Gasteiger partial charge < -0.3 is 11.2 Å². The summed E-state index contributed by atoms with van der Waals surface area (Å²) in [6, 6.07) is 7.06. The highest BCUT2D eigenvalue weighted by atomic mass is 35.5. The van der Waals surface area contributed by atoms with Crippen molar-refractivity contribution in [1.29, 1.82) is 0 Å². The Hall–Kier alpha value is -1.73. The molecule has 2 rings (SSSR count). The Morgan fingerprint density at radius 1 is 1.45 bits per heavy atom. The minimum atomic E-state index is -0.177. The zero-order valence-electron chi connectivity index (χ0n) is 10.8. The quantitative estimate of drug-likeness (QED) is 0.651. The van der Waals surface area contributed by atoms with Gasteiger partial charge in [-0.3, -0.25) is 4.79 Å². The Bertz CT molecular complexity index is 616. The number of nitrogens with zero attached hydrogens (tertiary/aromatic N) is 3. The van der Waals surface area contributed by atoms with Crippen LogP contribution in [0.25, 0.3) is 0 Å². The highest BCUT2D eigenvalue weighted by Gasteiger charge is 2.11. The number of hydrogen-bond donors (Lipinski definition) is 2. The minimum Gasteiger partial charge on any atom is -0.336 e. The molecule has 3 N–H and O–H groups in total. The number of aromatic nitrogens is 3. The van der Waals surface area contributed by atoms with Crippen LogP contribution in [0.1, 0.15) is 12.7 Å². The van der Waals surface area contributed by atoms with Crippen molar-refractivity contribution in [2.75, 3.05) is 16.9 Å². The predicted molar refractivity (Wildman–Crippen MR) is 80.4 cm³/mol. The lowest BCUT2D eigenvalue weighted by molar-refractivity contribution is -0.113. The first-order valence-corrected chi connectivity index (χ1v) is 7.34. The third-order valence-corrected chi connectivity index (χ3v) is 3.80. The van der Waals surface area contributed by atoms with E-state index in [0.29, 0.717) is 28.1 Å². The molecule has 20 heavy (non-hydrogen) atoms. The molecule has 6 nitrogen and oxygen atoms in total. The molecule has 0 aliphatic heterocycles. The van der Waals surface area contributed by atoms with E-state index in [2.05, 4.69) is 15.5 Å². The number of carbonyl (C=O) groups excluding carboxylic acids is 1. The smallest absolute Gasteiger partial charge is 0.234 e. The maximum atomic E-state index is 11.8. The summed E-state index contributed by atoms with van der Waals surface area (Å²) in [5.74, 6) is 6.48. The largest absolute Gasteiger partial charge is 0.336 e. The molecule has 1 aromatic heterocycles. The van der Waals surface area contributed by atoms with E-state index in [-0.39, 0.29) is 11.7 Å². The highest BCUT2D eigenvalue weighted by molar-refractivity contribution is 7.99. The normalized spacial score (nSPS) is 10.5. The van der Waals surface area contributed by atoms with E-state index in [1.165, 1.54) is 16.4 Å². The molecule has 0 aliphatic rings. The van der Waals surface area contributed by atoms with Crippen LogP contribution in [0.2, 0.25) is 5.02 Å². The average Bonchev–Trinajstić information content (AvgIpc) is 2.79. The van der Waals surface area contributed by atoms with Gasteiger partial charge >= 0.3 is 0 Å². The molecule has 0 aliphatic carbocycles. The second-order valence-electron chi connectivity index (χ2n) is 3.94. The number of aryl methyl sites for hydroxylation is 1. The summed E-state index contributed by atoms with van der Waals surface area (Å²) in [5, 5.41) is 11.6. The Labute approximate surface area is 125 Å². The van der Waals surface area contributed by atoms with Gasteiger partial charge in [0, 0.05) is 6.42 Å². The molecule has 0 saturated heterocycles. The van der Waals surface area contributed by atoms with Crippen molar-refractivity contribution in [2.45, 2.75) is 18.5 Å². The number of benzene rings is 1. The van der Waals surface area contributed by atoms with Crippen molar-refractivity contribution in [1.82, 2.24) is 14.9 Å². The van der Waals surface area contributed by atoms with Crippen LogP contribution in [-0.4, -0.2) is 26.5 Å². The molecule has 0 radical (unpaired) electrons. The molecule has 0 spiro atoms. The third kappa shape index (κ3) is 3.43. The Morgan fingerprint density at radius 3 is 2.85 bits per heavy atom. The van der Waals surface area contributed by atoms with E-state index in [4.69, 9.17) is 17.4 Å². The number of rotatable bonds is 5. The van der Waals surface area contributed by atoms with E-state index in [0.717, 1.165) is 0 Å². The molecule has 0 saturated carbocycles. The number of amides is 1. The maximum absolute atomic E-state index is 11.8. The molecule has 0 fully saturated rings. The van der Waals surface area contributed by atoms with E-state index in [1.54, 1.807) is 24.3 Å². The van der Waals surface area contributed by atoms with Gasteiger partial charge in [0.25, 0.3) is 0 Å². The average molecular weight is 312 g/mol. The van der Waals surface area contributed by atoms with Crippen molar-refractivity contribution in [2.24, 2.45) is 0 Å². The molecule has 1 heterocycles. The van der Waals surface area contributed by atoms with Crippen LogP contribution < -0.4 is 11.2 Å². The second-order valence-corrected chi connectivity index (χ2v) is 5.29. The number of thioether (sulfide) groups is 1. The molecule has 0 atom stereocenters. The Morgan fingerprint density at radius 2 is 2.20 bits per heavy atom. The van der Waals surface area contributed by atoms with Crippen molar-refractivity contribution in [3.05, 3.63) is 35.1 Å². The predicted octanol–water partition coefficient (Wildman–Crippen LogP) is 1.94. The lowest BCUT2D eigenvalue weighted by Crippen LogP contribution is -2.17. The monoisotopic (exact) mass is 311 g/mol. The molecule has 0 unspecified atom stereocenters. The van der Waals surface area contributed by atoms with Gasteiger partial charge in [0.15, 0.2) is 5.82 Å². The summed E-state index contributed by atoms with van der Waals surface area (Å²) in [6.07, 6.45) is 0.690. The molecule has 1 amide bonds. The summed E-state index contributed by atoms with van der Waals surface area (Å²) >= 11 is 7.19. The molecular formula is C12H14ClN5OS. The van der Waals surface area contributed by atoms with Gasteiger partial charge in [0.05, 0.1) is 16.5 Å². The fourth-order valence-corrected chi connectivity index (χ4v) is 2.38. The SMILES string of the molecule is CCc1nnc(SCC(=O)Nc2ccccc2Cl)n1N. The van der Waals surface area contributed by atoms with Crippen molar-refractivity contribution < 1.29 is 4.79 Å². The van der Waals surface area contributed by atoms with Gasteiger partial charge in [-0.2, -0.15) is 0 Å². The summed E-state index contributed by atoms with van der Waals surface area (Å²) in [4.78, 5) is 11.8. The maximum Gasteiger partial charge on any atom is 0.234 e. The first kappa shape index (κ1) is 14.7. The van der Waals surface area contributed by atoms with Crippen molar-refractivity contribution in [3.63, 3.8) is 0 Å². The van der Waals surface area contributed by atoms with Crippen LogP contribution in [0, 0.1) is 0 Å². The van der Waals surface area contributed by atoms with Crippen LogP contribution in [0.5, 0.6) is 0 Å². The highest BCUT2D eigenvalue weighted by Crippen LogP contribution is 2.21. The number of hydrogen-bond acceptors (Lipinski definition) is 5. The molecule has 8 heteroatoms. The zero-order chi connectivity index (χ0) is 14.5. The van der Waals surface area contributed by atoms with Crippen molar-refractivity contribution in [3.8, 4) is 0 Å². The number of nitrogens with one attached hydrogen (secondary N) is 1. The number of nitrogens with two attached hydrogens (primary N) is 1. The fraction of sp³-hybridized carbons (Fsp3) is 0.250. The number of para-hydroxylation sites is 1. The lowest BCUT2D eigenvalue weighted by atomic mass is 10.3. The van der Waals surface area contributed by atoms with Crippen molar-refractivity contribution >= 4 is 35.0 Å². The number of anilines is 1. The van der Waals surface area contributed by atoms with E-state index < -0.39 is 0 Å². The summed E-state index contributed by atoms with van der Waals surface area (Å²) < 4.78 is 1.40. The van der Waals surface area contributed by atoms with E-state index >= 15 is 0 Å². The van der Waals surface area contributed by atoms with Gasteiger partial charge in [0.2, 0.25) is 11.1 Å². The standard InChI is InChI=1S/C12H14ClN5OS/c1-2-10-16-17-12(18(10)14)20-7-11(19)15-9-6-4-3-5-8(9)13/h3-6H,2,7,14H2,1H3,(H,15,19). The lowest BCUT2D eigenvalue weighted by Gasteiger charge is -2.06. The summed E-state index contributed by atoms with van der Waals surface area (Å²) in [5.41, 5.74) is 0.586. The number of carbonyl (C=O) groups is 1. The molecule has 1 aromatic carbocycles. The second kappa shape index (κ2) is 6.62. The fourth-order valence-electron chi connectivity index (χ4n) is 1.53. The molecular weight excluding hydrogens is 298 g/mol. The first-order valence-electron chi connectivity index (χ1n) is 5.98. The van der Waals surface area contributed by atoms with E-state index in [9.17, 15) is 4.79 Å². The Balaban J connectivity index is 1.92. The van der Waals surface area contributed by atoms with Gasteiger partial charge in [-0.1, -0.05) is 42.4 Å². The topological polar surface area (TPSA) is 85.8 Å². The van der Waals surface area contributed by atoms with Gasteiger partial charge in [-0.25, -0.2) is 4.68 Å². The van der Waals surface area contributed by atoms with Crippen LogP contribution in [0.15, 0.2) is 29.4 Å². The molecule has 0 bridgehead atoms. The summed E-state index contributed by atoms with van der Waals surface area (Å²) in [6.45, 7) is 1.94. The first-order chi connectivity index (χ1) is 9.61. The number of halogens is 1. The van der Waals surface area contributed by atoms with Crippen LogP contribution in [0.3, 0.4) is 0 Å². The van der Waals surface area contributed by atoms with Crippen LogP contribution in [-0.2, 0) is 11.2 Å². The van der Waals surface area contributed by atoms with Crippen LogP contribution >= 0.6 is 23.4 Å². The zero-order valence-corrected chi connectivity index (χ0v) is 12.4. The minimum absolute atomic E-state index is 0.177. The Kier molecular flexibility index (Phi) is 4.86. The number of nitrogen functional groups attached to an aromatic ring is 1.